The lowest BCUT2D eigenvalue weighted by Crippen LogP contribution is -2.29. The minimum absolute atomic E-state index is 0.543. The SMILES string of the molecule is CCN(CC)c1ccc(CNCC2(C)CCCC2)cc1. The van der Waals surface area contributed by atoms with Crippen LogP contribution in [0.25, 0.3) is 0 Å². The molecule has 0 amide bonds. The van der Waals surface area contributed by atoms with Gasteiger partial charge in [-0.15, -0.1) is 0 Å². The van der Waals surface area contributed by atoms with Crippen molar-refractivity contribution in [3.05, 3.63) is 29.8 Å². The largest absolute Gasteiger partial charge is 0.372 e. The van der Waals surface area contributed by atoms with Crippen LogP contribution in [0.3, 0.4) is 0 Å². The highest BCUT2D eigenvalue weighted by Crippen LogP contribution is 2.36. The molecule has 0 aromatic heterocycles. The molecule has 0 radical (unpaired) electrons. The van der Waals surface area contributed by atoms with E-state index in [0.717, 1.165) is 26.2 Å². The van der Waals surface area contributed by atoms with E-state index >= 15 is 0 Å². The van der Waals surface area contributed by atoms with Crippen molar-refractivity contribution in [2.24, 2.45) is 5.41 Å². The van der Waals surface area contributed by atoms with Crippen LogP contribution in [0.15, 0.2) is 24.3 Å². The molecule has 0 spiro atoms. The summed E-state index contributed by atoms with van der Waals surface area (Å²) < 4.78 is 0. The molecule has 112 valence electrons. The predicted molar refractivity (Wildman–Crippen MR) is 88.3 cm³/mol. The van der Waals surface area contributed by atoms with Gasteiger partial charge in [-0.3, -0.25) is 0 Å². The summed E-state index contributed by atoms with van der Waals surface area (Å²) in [6.07, 6.45) is 5.61. The van der Waals surface area contributed by atoms with Crippen LogP contribution in [0.2, 0.25) is 0 Å². The number of rotatable bonds is 7. The first-order valence-corrected chi connectivity index (χ1v) is 8.21. The molecule has 20 heavy (non-hydrogen) atoms. The molecule has 0 bridgehead atoms. The fourth-order valence-corrected chi connectivity index (χ4v) is 3.33. The zero-order valence-corrected chi connectivity index (χ0v) is 13.4. The molecule has 1 N–H and O–H groups in total. The molecule has 0 saturated heterocycles. The van der Waals surface area contributed by atoms with E-state index in [1.165, 1.54) is 36.9 Å². The van der Waals surface area contributed by atoms with Gasteiger partial charge in [0.15, 0.2) is 0 Å². The first kappa shape index (κ1) is 15.4. The predicted octanol–water partition coefficient (Wildman–Crippen LogP) is 4.20. The van der Waals surface area contributed by atoms with E-state index in [1.54, 1.807) is 0 Å². The quantitative estimate of drug-likeness (QED) is 0.801. The van der Waals surface area contributed by atoms with Crippen molar-refractivity contribution >= 4 is 5.69 Å². The van der Waals surface area contributed by atoms with Crippen molar-refractivity contribution in [3.63, 3.8) is 0 Å². The topological polar surface area (TPSA) is 15.3 Å². The van der Waals surface area contributed by atoms with Crippen LogP contribution < -0.4 is 10.2 Å². The van der Waals surface area contributed by atoms with Gasteiger partial charge < -0.3 is 10.2 Å². The molecule has 2 nitrogen and oxygen atoms in total. The Balaban J connectivity index is 1.81. The van der Waals surface area contributed by atoms with Crippen molar-refractivity contribution in [2.75, 3.05) is 24.5 Å². The average molecular weight is 274 g/mol. The van der Waals surface area contributed by atoms with Gasteiger partial charge in [0.2, 0.25) is 0 Å². The van der Waals surface area contributed by atoms with Crippen LogP contribution in [0, 0.1) is 5.41 Å². The molecular weight excluding hydrogens is 244 g/mol. The lowest BCUT2D eigenvalue weighted by molar-refractivity contribution is 0.314. The van der Waals surface area contributed by atoms with Crippen molar-refractivity contribution in [1.82, 2.24) is 5.32 Å². The zero-order chi connectivity index (χ0) is 14.4. The van der Waals surface area contributed by atoms with E-state index in [-0.39, 0.29) is 0 Å². The minimum atomic E-state index is 0.543. The van der Waals surface area contributed by atoms with Crippen molar-refractivity contribution in [1.29, 1.82) is 0 Å². The Morgan fingerprint density at radius 1 is 1.05 bits per heavy atom. The van der Waals surface area contributed by atoms with Gasteiger partial charge in [-0.25, -0.2) is 0 Å². The summed E-state index contributed by atoms with van der Waals surface area (Å²) in [7, 11) is 0. The maximum Gasteiger partial charge on any atom is 0.0366 e. The van der Waals surface area contributed by atoms with Crippen LogP contribution in [0.5, 0.6) is 0 Å². The molecular formula is C18H30N2. The second kappa shape index (κ2) is 7.12. The maximum atomic E-state index is 3.65. The third-order valence-electron chi connectivity index (χ3n) is 4.76. The summed E-state index contributed by atoms with van der Waals surface area (Å²) in [5.74, 6) is 0. The van der Waals surface area contributed by atoms with Crippen LogP contribution in [0.1, 0.15) is 52.0 Å². The molecule has 1 aromatic rings. The van der Waals surface area contributed by atoms with E-state index < -0.39 is 0 Å². The van der Waals surface area contributed by atoms with Gasteiger partial charge in [0, 0.05) is 31.9 Å². The van der Waals surface area contributed by atoms with Crippen LogP contribution in [0.4, 0.5) is 5.69 Å². The number of hydrogen-bond acceptors (Lipinski definition) is 2. The number of benzene rings is 1. The average Bonchev–Trinajstić information content (AvgIpc) is 2.89. The zero-order valence-electron chi connectivity index (χ0n) is 13.4. The van der Waals surface area contributed by atoms with Gasteiger partial charge in [-0.1, -0.05) is 31.9 Å². The second-order valence-electron chi connectivity index (χ2n) is 6.46. The summed E-state index contributed by atoms with van der Waals surface area (Å²) in [4.78, 5) is 2.39. The Kier molecular flexibility index (Phi) is 5.47. The number of nitrogens with one attached hydrogen (secondary N) is 1. The van der Waals surface area contributed by atoms with E-state index in [1.807, 2.05) is 0 Å². The molecule has 0 unspecified atom stereocenters. The molecule has 1 saturated carbocycles. The van der Waals surface area contributed by atoms with E-state index in [2.05, 4.69) is 55.3 Å². The van der Waals surface area contributed by atoms with Gasteiger partial charge in [0.1, 0.15) is 0 Å². The summed E-state index contributed by atoms with van der Waals surface area (Å²) in [5, 5.41) is 3.65. The molecule has 2 rings (SSSR count). The van der Waals surface area contributed by atoms with Crippen LogP contribution in [-0.2, 0) is 6.54 Å². The molecule has 1 aliphatic carbocycles. The Hall–Kier alpha value is -1.02. The third-order valence-corrected chi connectivity index (χ3v) is 4.76. The van der Waals surface area contributed by atoms with Gasteiger partial charge in [0.25, 0.3) is 0 Å². The number of anilines is 1. The highest BCUT2D eigenvalue weighted by atomic mass is 15.1. The molecule has 1 aromatic carbocycles. The second-order valence-corrected chi connectivity index (χ2v) is 6.46. The van der Waals surface area contributed by atoms with E-state index in [9.17, 15) is 0 Å². The molecule has 1 aliphatic rings. The molecule has 0 atom stereocenters. The Bertz CT molecular complexity index is 386. The first-order valence-electron chi connectivity index (χ1n) is 8.21. The van der Waals surface area contributed by atoms with Gasteiger partial charge in [0.05, 0.1) is 0 Å². The molecule has 0 aliphatic heterocycles. The summed E-state index contributed by atoms with van der Waals surface area (Å²) in [6.45, 7) is 11.1. The normalized spacial score (nSPS) is 17.4. The van der Waals surface area contributed by atoms with Crippen LogP contribution >= 0.6 is 0 Å². The summed E-state index contributed by atoms with van der Waals surface area (Å²) in [6, 6.07) is 9.03. The van der Waals surface area contributed by atoms with E-state index in [0.29, 0.717) is 5.41 Å². The van der Waals surface area contributed by atoms with E-state index in [4.69, 9.17) is 0 Å². The summed E-state index contributed by atoms with van der Waals surface area (Å²) in [5.41, 5.74) is 3.27. The highest BCUT2D eigenvalue weighted by molar-refractivity contribution is 5.47. The first-order chi connectivity index (χ1) is 9.67. The lowest BCUT2D eigenvalue weighted by Gasteiger charge is -2.24. The van der Waals surface area contributed by atoms with Crippen LogP contribution in [-0.4, -0.2) is 19.6 Å². The molecule has 1 fully saturated rings. The fourth-order valence-electron chi connectivity index (χ4n) is 3.33. The van der Waals surface area contributed by atoms with Gasteiger partial charge in [-0.05, 0) is 49.8 Å². The maximum absolute atomic E-state index is 3.65. The highest BCUT2D eigenvalue weighted by Gasteiger charge is 2.27. The minimum Gasteiger partial charge on any atom is -0.372 e. The van der Waals surface area contributed by atoms with Crippen molar-refractivity contribution in [3.8, 4) is 0 Å². The van der Waals surface area contributed by atoms with Gasteiger partial charge >= 0.3 is 0 Å². The Morgan fingerprint density at radius 2 is 1.65 bits per heavy atom. The molecule has 0 heterocycles. The monoisotopic (exact) mass is 274 g/mol. The standard InChI is InChI=1S/C18H30N2/c1-4-20(5-2)17-10-8-16(9-11-17)14-19-15-18(3)12-6-7-13-18/h8-11,19H,4-7,12-15H2,1-3H3. The van der Waals surface area contributed by atoms with Gasteiger partial charge in [-0.2, -0.15) is 0 Å². The number of hydrogen-bond donors (Lipinski definition) is 1. The van der Waals surface area contributed by atoms with Crippen molar-refractivity contribution in [2.45, 2.75) is 53.0 Å². The third kappa shape index (κ3) is 3.99. The molecule has 2 heteroatoms. The Morgan fingerprint density at radius 3 is 2.20 bits per heavy atom. The van der Waals surface area contributed by atoms with Crippen molar-refractivity contribution < 1.29 is 0 Å². The smallest absolute Gasteiger partial charge is 0.0366 e. The fraction of sp³-hybridized carbons (Fsp3) is 0.667. The Labute approximate surface area is 124 Å². The lowest BCUT2D eigenvalue weighted by atomic mass is 9.89. The number of nitrogens with zero attached hydrogens (tertiary/aromatic N) is 1. The summed E-state index contributed by atoms with van der Waals surface area (Å²) >= 11 is 0.